The first-order valence-corrected chi connectivity index (χ1v) is 15.3. The van der Waals surface area contributed by atoms with E-state index < -0.39 is 46.8 Å². The van der Waals surface area contributed by atoms with Crippen molar-refractivity contribution >= 4 is 23.4 Å². The summed E-state index contributed by atoms with van der Waals surface area (Å²) in [5, 5.41) is 14.0. The van der Waals surface area contributed by atoms with Crippen LogP contribution < -0.4 is 10.4 Å². The summed E-state index contributed by atoms with van der Waals surface area (Å²) >= 11 is 6.00. The second-order valence-corrected chi connectivity index (χ2v) is 12.2. The largest absolute Gasteiger partial charge is 0.626 e. The number of alkyl halides is 6. The molecular weight excluding hydrogens is 636 g/mol. The molecule has 5 rings (SSSR count). The average Bonchev–Trinajstić information content (AvgIpc) is 3.29. The van der Waals surface area contributed by atoms with Gasteiger partial charge in [-0.1, -0.05) is 66.6 Å². The maximum atomic E-state index is 13.7. The molecule has 2 N–H and O–H groups in total. The molecule has 1 unspecified atom stereocenters. The predicted octanol–water partition coefficient (Wildman–Crippen LogP) is 6.16. The van der Waals surface area contributed by atoms with Crippen LogP contribution in [0.2, 0.25) is 5.02 Å². The van der Waals surface area contributed by atoms with Gasteiger partial charge in [-0.15, -0.1) is 0 Å². The highest BCUT2D eigenvalue weighted by molar-refractivity contribution is 6.33. The zero-order valence-electron chi connectivity index (χ0n) is 24.6. The molecule has 1 aliphatic carbocycles. The molecular formula is C33H32ClF6N3O3. The summed E-state index contributed by atoms with van der Waals surface area (Å²) in [6, 6.07) is 16.4. The van der Waals surface area contributed by atoms with Gasteiger partial charge in [-0.3, -0.25) is 4.79 Å². The highest BCUT2D eigenvalue weighted by atomic mass is 35.5. The van der Waals surface area contributed by atoms with Gasteiger partial charge in [0.25, 0.3) is 5.91 Å². The van der Waals surface area contributed by atoms with Crippen molar-refractivity contribution in [3.63, 3.8) is 0 Å². The molecule has 0 spiro atoms. The Labute approximate surface area is 266 Å². The van der Waals surface area contributed by atoms with Crippen molar-refractivity contribution in [2.24, 2.45) is 0 Å². The normalized spacial score (nSPS) is 17.3. The number of halogens is 7. The van der Waals surface area contributed by atoms with E-state index in [1.165, 1.54) is 0 Å². The standard InChI is InChI=1S/C33H32ClF6N3O3/c34-28-12-11-21(33(38,39)40)19-25(28)29(44)41-22-13-17-42(18-14-22)16-6-5-15-31(30(45)43(46)20-32(35,36)37)26-9-3-1-7-23(26)24-8-2-4-10-27(24)31/h1-4,7-12,19,22,43H,5-6,13-18,20H2,(H,41,44). The third-order valence-electron chi connectivity index (χ3n) is 8.80. The summed E-state index contributed by atoms with van der Waals surface area (Å²) < 4.78 is 78.9. The number of hydrogen-bond donors (Lipinski definition) is 2. The van der Waals surface area contributed by atoms with Crippen molar-refractivity contribution in [2.75, 3.05) is 26.2 Å². The van der Waals surface area contributed by atoms with Crippen LogP contribution in [0, 0.1) is 5.21 Å². The number of piperidine rings is 1. The van der Waals surface area contributed by atoms with Gasteiger partial charge in [0.05, 0.1) is 16.1 Å². The Bertz CT molecular complexity index is 1540. The fourth-order valence-corrected chi connectivity index (χ4v) is 6.82. The number of rotatable bonds is 9. The zero-order chi connectivity index (χ0) is 33.3. The van der Waals surface area contributed by atoms with Gasteiger partial charge in [0.1, 0.15) is 5.41 Å². The fraction of sp³-hybridized carbons (Fsp3) is 0.394. The lowest BCUT2D eigenvalue weighted by Gasteiger charge is -2.35. The van der Waals surface area contributed by atoms with Crippen molar-refractivity contribution in [3.8, 4) is 11.1 Å². The van der Waals surface area contributed by atoms with Crippen LogP contribution in [0.4, 0.5) is 26.3 Å². The Kier molecular flexibility index (Phi) is 9.84. The van der Waals surface area contributed by atoms with E-state index >= 15 is 0 Å². The first kappa shape index (κ1) is 33.9. The Morgan fingerprint density at radius 2 is 1.50 bits per heavy atom. The number of amides is 2. The van der Waals surface area contributed by atoms with E-state index in [0.717, 1.165) is 29.3 Å². The second-order valence-electron chi connectivity index (χ2n) is 11.8. The van der Waals surface area contributed by atoms with Gasteiger partial charge in [-0.25, -0.2) is 4.79 Å². The number of unbranched alkanes of at least 4 members (excludes halogenated alkanes) is 1. The van der Waals surface area contributed by atoms with E-state index in [4.69, 9.17) is 11.6 Å². The molecule has 2 aliphatic rings. The molecule has 3 aromatic rings. The van der Waals surface area contributed by atoms with Crippen LogP contribution in [0.25, 0.3) is 11.1 Å². The first-order valence-electron chi connectivity index (χ1n) is 14.9. The van der Waals surface area contributed by atoms with E-state index in [1.54, 1.807) is 48.5 Å². The van der Waals surface area contributed by atoms with E-state index in [9.17, 15) is 41.1 Å². The van der Waals surface area contributed by atoms with Crippen molar-refractivity contribution < 1.29 is 41.0 Å². The van der Waals surface area contributed by atoms with Gasteiger partial charge in [0.15, 0.2) is 6.54 Å². The van der Waals surface area contributed by atoms with Crippen LogP contribution in [0.5, 0.6) is 0 Å². The molecule has 0 radical (unpaired) electrons. The van der Waals surface area contributed by atoms with Crippen LogP contribution in [0.15, 0.2) is 66.7 Å². The maximum Gasteiger partial charge on any atom is 0.438 e. The van der Waals surface area contributed by atoms with E-state index in [-0.39, 0.29) is 23.0 Å². The SMILES string of the molecule is O=C(NC1CCN(CCCCC2(C(=O)[NH+]([O-])CC(F)(F)F)c3ccccc3-c3ccccc32)CC1)c1cc(C(F)(F)F)ccc1Cl. The molecule has 3 aromatic carbocycles. The topological polar surface area (TPSA) is 76.9 Å². The summed E-state index contributed by atoms with van der Waals surface area (Å²) in [6.07, 6.45) is -7.09. The minimum Gasteiger partial charge on any atom is -0.626 e. The number of hydrogen-bond acceptors (Lipinski definition) is 4. The van der Waals surface area contributed by atoms with Crippen LogP contribution in [0.1, 0.15) is 59.2 Å². The minimum atomic E-state index is -4.81. The van der Waals surface area contributed by atoms with E-state index in [2.05, 4.69) is 10.2 Å². The summed E-state index contributed by atoms with van der Waals surface area (Å²) in [7, 11) is 0. The van der Waals surface area contributed by atoms with Crippen molar-refractivity contribution in [3.05, 3.63) is 99.2 Å². The van der Waals surface area contributed by atoms with Gasteiger partial charge < -0.3 is 20.5 Å². The molecule has 1 fully saturated rings. The van der Waals surface area contributed by atoms with E-state index in [0.29, 0.717) is 56.4 Å². The lowest BCUT2D eigenvalue weighted by molar-refractivity contribution is -0.782. The van der Waals surface area contributed by atoms with Crippen LogP contribution in [-0.2, 0) is 16.4 Å². The summed E-state index contributed by atoms with van der Waals surface area (Å²) in [6.45, 7) is -0.00426. The van der Waals surface area contributed by atoms with Crippen molar-refractivity contribution in [1.29, 1.82) is 0 Å². The second kappa shape index (κ2) is 13.3. The molecule has 1 aliphatic heterocycles. The average molecular weight is 668 g/mol. The predicted molar refractivity (Wildman–Crippen MR) is 160 cm³/mol. The molecule has 1 heterocycles. The number of carbonyl (C=O) groups is 2. The highest BCUT2D eigenvalue weighted by Gasteiger charge is 2.53. The Hall–Kier alpha value is -3.45. The number of nitrogens with zero attached hydrogens (tertiary/aromatic N) is 1. The molecule has 46 heavy (non-hydrogen) atoms. The van der Waals surface area contributed by atoms with Gasteiger partial charge >= 0.3 is 18.3 Å². The number of fused-ring (bicyclic) bond motifs is 3. The number of quaternary nitrogens is 1. The number of carbonyl (C=O) groups excluding carboxylic acids is 2. The number of benzene rings is 3. The molecule has 1 saturated heterocycles. The number of likely N-dealkylation sites (tertiary alicyclic amines) is 1. The van der Waals surface area contributed by atoms with Crippen LogP contribution >= 0.6 is 11.6 Å². The van der Waals surface area contributed by atoms with E-state index in [1.807, 2.05) is 0 Å². The molecule has 1 atom stereocenters. The number of hydroxylamine groups is 2. The zero-order valence-corrected chi connectivity index (χ0v) is 25.4. The molecule has 0 aromatic heterocycles. The summed E-state index contributed by atoms with van der Waals surface area (Å²) in [4.78, 5) is 28.6. The smallest absolute Gasteiger partial charge is 0.438 e. The minimum absolute atomic E-state index is 0.0770. The molecule has 13 heteroatoms. The Morgan fingerprint density at radius 3 is 2.07 bits per heavy atom. The third kappa shape index (κ3) is 7.10. The monoisotopic (exact) mass is 667 g/mol. The molecule has 2 amide bonds. The van der Waals surface area contributed by atoms with Gasteiger partial charge in [-0.2, -0.15) is 26.3 Å². The highest BCUT2D eigenvalue weighted by Crippen LogP contribution is 2.51. The van der Waals surface area contributed by atoms with Crippen molar-refractivity contribution in [2.45, 2.75) is 55.9 Å². The number of nitrogens with one attached hydrogen (secondary N) is 2. The molecule has 0 saturated carbocycles. The molecule has 246 valence electrons. The Morgan fingerprint density at radius 1 is 0.913 bits per heavy atom. The summed E-state index contributed by atoms with van der Waals surface area (Å²) in [5.41, 5.74) is -0.204. The van der Waals surface area contributed by atoms with Gasteiger partial charge in [-0.05, 0) is 72.7 Å². The van der Waals surface area contributed by atoms with Gasteiger partial charge in [0, 0.05) is 19.1 Å². The lowest BCUT2D eigenvalue weighted by atomic mass is 9.73. The molecule has 6 nitrogen and oxygen atoms in total. The van der Waals surface area contributed by atoms with Crippen LogP contribution in [0.3, 0.4) is 0 Å². The van der Waals surface area contributed by atoms with Gasteiger partial charge in [0.2, 0.25) is 0 Å². The summed E-state index contributed by atoms with van der Waals surface area (Å²) in [5.74, 6) is -1.73. The fourth-order valence-electron chi connectivity index (χ4n) is 6.62. The Balaban J connectivity index is 1.21. The van der Waals surface area contributed by atoms with Crippen LogP contribution in [-0.4, -0.2) is 55.1 Å². The third-order valence-corrected chi connectivity index (χ3v) is 9.13. The lowest BCUT2D eigenvalue weighted by Crippen LogP contribution is -3.13. The maximum absolute atomic E-state index is 13.7. The van der Waals surface area contributed by atoms with Crippen molar-refractivity contribution in [1.82, 2.24) is 10.2 Å². The molecule has 0 bridgehead atoms. The quantitative estimate of drug-likeness (QED) is 0.163. The first-order chi connectivity index (χ1) is 21.7.